The molecule has 1 aromatic rings. The van der Waals surface area contributed by atoms with Gasteiger partial charge in [0.05, 0.1) is 10.0 Å². The van der Waals surface area contributed by atoms with Gasteiger partial charge in [-0.3, -0.25) is 14.4 Å². The second kappa shape index (κ2) is 4.62. The number of carbonyl (C=O) groups is 3. The first kappa shape index (κ1) is 13.5. The van der Waals surface area contributed by atoms with E-state index in [1.807, 2.05) is 0 Å². The summed E-state index contributed by atoms with van der Waals surface area (Å²) in [5, 5.41) is 9.70. The Labute approximate surface area is 117 Å². The van der Waals surface area contributed by atoms with Gasteiger partial charge >= 0.3 is 0 Å². The van der Waals surface area contributed by atoms with E-state index in [0.717, 1.165) is 4.90 Å². The number of amides is 1. The summed E-state index contributed by atoms with van der Waals surface area (Å²) in [5.74, 6) is -1.61. The van der Waals surface area contributed by atoms with Crippen molar-refractivity contribution in [3.05, 3.63) is 39.5 Å². The van der Waals surface area contributed by atoms with Crippen molar-refractivity contribution in [2.75, 3.05) is 7.05 Å². The molecule has 0 unspecified atom stereocenters. The molecule has 6 heteroatoms. The molecule has 1 aromatic carbocycles. The summed E-state index contributed by atoms with van der Waals surface area (Å²) in [6, 6.07) is 4.26. The number of carbonyl (C=O) groups excluding carboxylic acids is 3. The number of nitrogens with zero attached hydrogens (tertiary/aromatic N) is 1. The van der Waals surface area contributed by atoms with Crippen LogP contribution in [-0.2, 0) is 4.79 Å². The largest absolute Gasteiger partial charge is 0.507 e. The van der Waals surface area contributed by atoms with E-state index >= 15 is 0 Å². The van der Waals surface area contributed by atoms with Crippen molar-refractivity contribution in [1.82, 2.24) is 4.90 Å². The van der Waals surface area contributed by atoms with E-state index in [-0.39, 0.29) is 33.0 Å². The monoisotopic (exact) mass is 323 g/mol. The van der Waals surface area contributed by atoms with Gasteiger partial charge in [0.25, 0.3) is 0 Å². The summed E-state index contributed by atoms with van der Waals surface area (Å²) in [5.41, 5.74) is 0.0342. The molecule has 0 radical (unpaired) electrons. The van der Waals surface area contributed by atoms with Crippen LogP contribution in [0.4, 0.5) is 0 Å². The molecule has 5 nitrogen and oxygen atoms in total. The van der Waals surface area contributed by atoms with Crippen molar-refractivity contribution in [3.63, 3.8) is 0 Å². The van der Waals surface area contributed by atoms with Gasteiger partial charge in [-0.2, -0.15) is 0 Å². The molecule has 0 heterocycles. The molecule has 0 aliphatic heterocycles. The summed E-state index contributed by atoms with van der Waals surface area (Å²) in [6.07, 6.45) is 0. The van der Waals surface area contributed by atoms with Crippen molar-refractivity contribution in [2.45, 2.75) is 6.92 Å². The molecule has 0 saturated heterocycles. The van der Waals surface area contributed by atoms with Crippen molar-refractivity contribution >= 4 is 33.4 Å². The maximum Gasteiger partial charge on any atom is 0.223 e. The summed E-state index contributed by atoms with van der Waals surface area (Å²) in [6.45, 7) is 1.29. The van der Waals surface area contributed by atoms with Crippen LogP contribution >= 0.6 is 15.9 Å². The molecule has 0 atom stereocenters. The quantitative estimate of drug-likeness (QED) is 0.856. The van der Waals surface area contributed by atoms with Crippen LogP contribution in [0.15, 0.2) is 28.4 Å². The Morgan fingerprint density at radius 3 is 2.47 bits per heavy atom. The highest BCUT2D eigenvalue weighted by molar-refractivity contribution is 9.12. The number of rotatable bonds is 1. The maximum atomic E-state index is 12.3. The van der Waals surface area contributed by atoms with E-state index in [0.29, 0.717) is 0 Å². The fraction of sp³-hybridized carbons (Fsp3) is 0.154. The molecule has 0 spiro atoms. The van der Waals surface area contributed by atoms with E-state index in [9.17, 15) is 19.5 Å². The molecule has 19 heavy (non-hydrogen) atoms. The summed E-state index contributed by atoms with van der Waals surface area (Å²) >= 11 is 3.04. The van der Waals surface area contributed by atoms with Crippen molar-refractivity contribution in [3.8, 4) is 5.75 Å². The maximum absolute atomic E-state index is 12.3. The number of benzene rings is 1. The molecule has 0 bridgehead atoms. The van der Waals surface area contributed by atoms with Crippen LogP contribution in [0.2, 0.25) is 0 Å². The minimum atomic E-state index is -0.518. The average molecular weight is 324 g/mol. The molecule has 0 fully saturated rings. The van der Waals surface area contributed by atoms with Gasteiger partial charge < -0.3 is 10.0 Å². The van der Waals surface area contributed by atoms with Gasteiger partial charge in [-0.15, -0.1) is 0 Å². The van der Waals surface area contributed by atoms with E-state index in [4.69, 9.17) is 0 Å². The zero-order chi connectivity index (χ0) is 14.3. The molecule has 1 aliphatic rings. The molecule has 98 valence electrons. The lowest BCUT2D eigenvalue weighted by Gasteiger charge is -2.24. The van der Waals surface area contributed by atoms with Gasteiger partial charge in [0, 0.05) is 19.5 Å². The Morgan fingerprint density at radius 1 is 1.26 bits per heavy atom. The number of Topliss-reactive ketones (excluding diaryl/α,β-unsaturated/α-hetero) is 2. The van der Waals surface area contributed by atoms with Crippen LogP contribution in [0.25, 0.3) is 0 Å². The number of likely N-dealkylation sites (N-methyl/N-ethyl adjacent to an activating group) is 1. The second-order valence-corrected chi connectivity index (χ2v) is 4.89. The van der Waals surface area contributed by atoms with Crippen LogP contribution in [0.3, 0.4) is 0 Å². The summed E-state index contributed by atoms with van der Waals surface area (Å²) in [4.78, 5) is 37.0. The van der Waals surface area contributed by atoms with Crippen LogP contribution in [0, 0.1) is 0 Å². The zero-order valence-electron chi connectivity index (χ0n) is 10.2. The lowest BCUT2D eigenvalue weighted by molar-refractivity contribution is -0.125. The van der Waals surface area contributed by atoms with Gasteiger partial charge in [0.1, 0.15) is 11.4 Å². The molecule has 0 saturated carbocycles. The number of phenolic OH excluding ortho intramolecular Hbond substituents is 1. The van der Waals surface area contributed by atoms with E-state index in [1.54, 1.807) is 0 Å². The third-order valence-electron chi connectivity index (χ3n) is 2.94. The smallest absolute Gasteiger partial charge is 0.223 e. The number of hydrogen-bond donors (Lipinski definition) is 1. The SMILES string of the molecule is CC(=O)N(C)C1=C(Br)C(=O)c2c(O)cccc2C1=O. The fourth-order valence-electron chi connectivity index (χ4n) is 1.87. The van der Waals surface area contributed by atoms with Crippen LogP contribution in [0.5, 0.6) is 5.75 Å². The number of allylic oxidation sites excluding steroid dienone is 2. The Kier molecular flexibility index (Phi) is 3.28. The highest BCUT2D eigenvalue weighted by Gasteiger charge is 2.35. The van der Waals surface area contributed by atoms with Gasteiger partial charge in [0.2, 0.25) is 17.5 Å². The first-order chi connectivity index (χ1) is 8.86. The van der Waals surface area contributed by atoms with Gasteiger partial charge in [-0.1, -0.05) is 6.07 Å². The highest BCUT2D eigenvalue weighted by Crippen LogP contribution is 2.35. The minimum Gasteiger partial charge on any atom is -0.507 e. The van der Waals surface area contributed by atoms with Gasteiger partial charge in [0.15, 0.2) is 0 Å². The minimum absolute atomic E-state index is 0.0180. The Hall–Kier alpha value is -1.95. The third kappa shape index (κ3) is 1.98. The van der Waals surface area contributed by atoms with Gasteiger partial charge in [-0.05, 0) is 28.1 Å². The first-order valence-electron chi connectivity index (χ1n) is 5.41. The first-order valence-corrected chi connectivity index (χ1v) is 6.21. The highest BCUT2D eigenvalue weighted by atomic mass is 79.9. The van der Waals surface area contributed by atoms with Crippen LogP contribution in [-0.4, -0.2) is 34.5 Å². The molecular weight excluding hydrogens is 314 g/mol. The second-order valence-electron chi connectivity index (χ2n) is 4.10. The number of halogens is 1. The topological polar surface area (TPSA) is 74.7 Å². The Balaban J connectivity index is 2.69. The summed E-state index contributed by atoms with van der Waals surface area (Å²) < 4.78 is -0.0239. The molecule has 1 N–H and O–H groups in total. The normalized spacial score (nSPS) is 14.5. The molecular formula is C13H10BrNO4. The number of hydrogen-bond acceptors (Lipinski definition) is 4. The van der Waals surface area contributed by atoms with Crippen LogP contribution < -0.4 is 0 Å². The van der Waals surface area contributed by atoms with Crippen LogP contribution in [0.1, 0.15) is 27.6 Å². The van der Waals surface area contributed by atoms with Gasteiger partial charge in [-0.25, -0.2) is 0 Å². The lowest BCUT2D eigenvalue weighted by Crippen LogP contribution is -2.33. The summed E-state index contributed by atoms with van der Waals surface area (Å²) in [7, 11) is 1.41. The predicted octanol–water partition coefficient (Wildman–Crippen LogP) is 1.86. The zero-order valence-corrected chi connectivity index (χ0v) is 11.8. The van der Waals surface area contributed by atoms with E-state index in [2.05, 4.69) is 15.9 Å². The van der Waals surface area contributed by atoms with Crippen molar-refractivity contribution in [1.29, 1.82) is 0 Å². The molecule has 1 amide bonds. The third-order valence-corrected chi connectivity index (χ3v) is 3.68. The number of aromatic hydroxyl groups is 1. The average Bonchev–Trinajstić information content (AvgIpc) is 2.35. The number of phenols is 1. The standard InChI is InChI=1S/C13H10BrNO4/c1-6(16)15(2)11-10(14)13(19)9-7(12(11)18)4-3-5-8(9)17/h3-5,17H,1-2H3. The Morgan fingerprint density at radius 2 is 1.89 bits per heavy atom. The predicted molar refractivity (Wildman–Crippen MR) is 71.2 cm³/mol. The molecule has 1 aliphatic carbocycles. The molecule has 2 rings (SSSR count). The van der Waals surface area contributed by atoms with E-state index in [1.165, 1.54) is 32.2 Å². The fourth-order valence-corrected chi connectivity index (χ4v) is 2.51. The lowest BCUT2D eigenvalue weighted by atomic mass is 9.91. The Bertz CT molecular complexity index is 648. The van der Waals surface area contributed by atoms with E-state index < -0.39 is 11.6 Å². The van der Waals surface area contributed by atoms with Crippen molar-refractivity contribution in [2.24, 2.45) is 0 Å². The number of fused-ring (bicyclic) bond motifs is 1. The van der Waals surface area contributed by atoms with Crippen molar-refractivity contribution < 1.29 is 19.5 Å². The number of ketones is 2. The molecule has 0 aromatic heterocycles.